The number of para-hydroxylation sites is 1. The van der Waals surface area contributed by atoms with Gasteiger partial charge in [-0.25, -0.2) is 4.98 Å². The fourth-order valence-electron chi connectivity index (χ4n) is 3.88. The first-order valence-electron chi connectivity index (χ1n) is 9.81. The largest absolute Gasteiger partial charge is 0.268 e. The van der Waals surface area contributed by atoms with Gasteiger partial charge in [-0.05, 0) is 67.1 Å². The molecule has 7 heteroatoms. The molecule has 0 bridgehead atoms. The minimum absolute atomic E-state index is 0.0188. The summed E-state index contributed by atoms with van der Waals surface area (Å²) in [6.07, 6.45) is 4.32. The molecule has 152 valence electrons. The highest BCUT2D eigenvalue weighted by Gasteiger charge is 2.23. The Morgan fingerprint density at radius 2 is 1.87 bits per heavy atom. The van der Waals surface area contributed by atoms with Gasteiger partial charge in [0, 0.05) is 20.7 Å². The maximum atomic E-state index is 13.7. The van der Waals surface area contributed by atoms with Crippen LogP contribution in [0.4, 0.5) is 0 Å². The normalized spacial score (nSPS) is 13.5. The van der Waals surface area contributed by atoms with Crippen LogP contribution in [0.2, 0.25) is 10.0 Å². The maximum absolute atomic E-state index is 13.7. The quantitative estimate of drug-likeness (QED) is 0.238. The fraction of sp³-hybridized carbons (Fsp3) is 0.217. The van der Waals surface area contributed by atoms with Crippen molar-refractivity contribution in [3.05, 3.63) is 84.9 Å². The number of halogens is 2. The monoisotopic (exact) mass is 472 g/mol. The standard InChI is InChI=1S/C23H18Cl2N2OS2/c24-15-10-11-18(25)14(12-15)13-29-23-26-21-20(17-8-4-5-9-19(17)30-21)22(28)27(23)16-6-2-1-3-7-16/h1-3,6-7,10-12H,4-5,8-9,13H2. The molecular weight excluding hydrogens is 455 g/mol. The van der Waals surface area contributed by atoms with Crippen molar-refractivity contribution >= 4 is 56.5 Å². The van der Waals surface area contributed by atoms with Gasteiger partial charge in [-0.2, -0.15) is 0 Å². The third kappa shape index (κ3) is 3.69. The number of hydrogen-bond donors (Lipinski definition) is 0. The summed E-state index contributed by atoms with van der Waals surface area (Å²) in [6.45, 7) is 0. The molecule has 2 heterocycles. The van der Waals surface area contributed by atoms with Gasteiger partial charge in [-0.1, -0.05) is 53.2 Å². The molecule has 30 heavy (non-hydrogen) atoms. The summed E-state index contributed by atoms with van der Waals surface area (Å²) in [4.78, 5) is 20.8. The number of thiophene rings is 1. The Morgan fingerprint density at radius 3 is 2.70 bits per heavy atom. The van der Waals surface area contributed by atoms with E-state index >= 15 is 0 Å². The van der Waals surface area contributed by atoms with E-state index in [1.165, 1.54) is 28.6 Å². The molecule has 0 N–H and O–H groups in total. The van der Waals surface area contributed by atoms with E-state index in [0.29, 0.717) is 21.0 Å². The number of fused-ring (bicyclic) bond motifs is 3. The Morgan fingerprint density at radius 1 is 1.07 bits per heavy atom. The summed E-state index contributed by atoms with van der Waals surface area (Å²) in [7, 11) is 0. The SMILES string of the molecule is O=c1c2c3c(sc2nc(SCc2cc(Cl)ccc2Cl)n1-c1ccccc1)CCCC3. The lowest BCUT2D eigenvalue weighted by atomic mass is 9.97. The van der Waals surface area contributed by atoms with Crippen LogP contribution in [-0.4, -0.2) is 9.55 Å². The lowest BCUT2D eigenvalue weighted by Crippen LogP contribution is -2.22. The van der Waals surface area contributed by atoms with E-state index in [1.807, 2.05) is 36.4 Å². The molecule has 0 amide bonds. The maximum Gasteiger partial charge on any atom is 0.267 e. The molecule has 5 rings (SSSR count). The number of thioether (sulfide) groups is 1. The summed E-state index contributed by atoms with van der Waals surface area (Å²) in [5.41, 5.74) is 2.98. The fourth-order valence-corrected chi connectivity index (χ4v) is 6.65. The van der Waals surface area contributed by atoms with Gasteiger partial charge in [0.05, 0.1) is 11.1 Å². The molecule has 0 radical (unpaired) electrons. The lowest BCUT2D eigenvalue weighted by Gasteiger charge is -2.14. The minimum atomic E-state index is 0.0188. The van der Waals surface area contributed by atoms with Gasteiger partial charge >= 0.3 is 0 Å². The van der Waals surface area contributed by atoms with Crippen LogP contribution in [0.25, 0.3) is 15.9 Å². The third-order valence-electron chi connectivity index (χ3n) is 5.34. The molecule has 0 saturated heterocycles. The van der Waals surface area contributed by atoms with Crippen molar-refractivity contribution < 1.29 is 0 Å². The van der Waals surface area contributed by atoms with Gasteiger partial charge in [-0.15, -0.1) is 11.3 Å². The molecule has 3 nitrogen and oxygen atoms in total. The highest BCUT2D eigenvalue weighted by molar-refractivity contribution is 7.98. The summed E-state index contributed by atoms with van der Waals surface area (Å²) in [5, 5.41) is 2.77. The van der Waals surface area contributed by atoms with Crippen molar-refractivity contribution in [3.8, 4) is 5.69 Å². The van der Waals surface area contributed by atoms with Crippen LogP contribution in [0.3, 0.4) is 0 Å². The second-order valence-corrected chi connectivity index (χ2v) is 10.2. The second kappa shape index (κ2) is 8.39. The Hall–Kier alpha value is -1.79. The number of hydrogen-bond acceptors (Lipinski definition) is 4. The van der Waals surface area contributed by atoms with Gasteiger partial charge in [0.1, 0.15) is 4.83 Å². The average Bonchev–Trinajstić information content (AvgIpc) is 3.13. The van der Waals surface area contributed by atoms with Crippen LogP contribution in [0.15, 0.2) is 58.5 Å². The zero-order chi connectivity index (χ0) is 20.7. The molecule has 1 aliphatic rings. The summed E-state index contributed by atoms with van der Waals surface area (Å²) >= 11 is 15.7. The summed E-state index contributed by atoms with van der Waals surface area (Å²) in [5.74, 6) is 0.579. The molecule has 1 aliphatic carbocycles. The van der Waals surface area contributed by atoms with Gasteiger partial charge in [-0.3, -0.25) is 9.36 Å². The van der Waals surface area contributed by atoms with Gasteiger partial charge in [0.25, 0.3) is 5.56 Å². The Labute approximate surface area is 192 Å². The molecule has 4 aromatic rings. The van der Waals surface area contributed by atoms with Crippen LogP contribution in [-0.2, 0) is 18.6 Å². The van der Waals surface area contributed by atoms with Gasteiger partial charge in [0.15, 0.2) is 5.16 Å². The Balaban J connectivity index is 1.66. The van der Waals surface area contributed by atoms with Crippen LogP contribution in [0, 0.1) is 0 Å². The zero-order valence-electron chi connectivity index (χ0n) is 16.0. The molecule has 2 aromatic carbocycles. The van der Waals surface area contributed by atoms with E-state index in [0.717, 1.165) is 40.7 Å². The van der Waals surface area contributed by atoms with Crippen LogP contribution in [0.1, 0.15) is 28.8 Å². The van der Waals surface area contributed by atoms with E-state index in [1.54, 1.807) is 28.0 Å². The van der Waals surface area contributed by atoms with Gasteiger partial charge in [0.2, 0.25) is 0 Å². The first-order valence-corrected chi connectivity index (χ1v) is 12.4. The van der Waals surface area contributed by atoms with Crippen molar-refractivity contribution in [2.24, 2.45) is 0 Å². The summed E-state index contributed by atoms with van der Waals surface area (Å²) < 4.78 is 1.74. The average molecular weight is 473 g/mol. The van der Waals surface area contributed by atoms with Crippen molar-refractivity contribution in [1.29, 1.82) is 0 Å². The number of aryl methyl sites for hydroxylation is 2. The van der Waals surface area contributed by atoms with E-state index < -0.39 is 0 Å². The predicted molar refractivity (Wildman–Crippen MR) is 128 cm³/mol. The highest BCUT2D eigenvalue weighted by atomic mass is 35.5. The molecule has 0 atom stereocenters. The molecule has 0 unspecified atom stereocenters. The predicted octanol–water partition coefficient (Wildman–Crippen LogP) is 6.93. The van der Waals surface area contributed by atoms with Crippen molar-refractivity contribution in [2.45, 2.75) is 36.6 Å². The second-order valence-electron chi connectivity index (χ2n) is 7.29. The zero-order valence-corrected chi connectivity index (χ0v) is 19.2. The molecular formula is C23H18Cl2N2OS2. The third-order valence-corrected chi connectivity index (χ3v) is 8.11. The first kappa shape index (κ1) is 20.1. The Bertz CT molecular complexity index is 1300. The van der Waals surface area contributed by atoms with Crippen molar-refractivity contribution in [2.75, 3.05) is 0 Å². The highest BCUT2D eigenvalue weighted by Crippen LogP contribution is 2.36. The molecule has 0 fully saturated rings. The topological polar surface area (TPSA) is 34.9 Å². The smallest absolute Gasteiger partial charge is 0.267 e. The minimum Gasteiger partial charge on any atom is -0.268 e. The number of aromatic nitrogens is 2. The van der Waals surface area contributed by atoms with Crippen molar-refractivity contribution in [1.82, 2.24) is 9.55 Å². The molecule has 0 aliphatic heterocycles. The van der Waals surface area contributed by atoms with Crippen LogP contribution in [0.5, 0.6) is 0 Å². The first-order chi connectivity index (χ1) is 14.6. The number of benzene rings is 2. The number of rotatable bonds is 4. The van der Waals surface area contributed by atoms with Crippen LogP contribution >= 0.6 is 46.3 Å². The number of nitrogens with zero attached hydrogens (tertiary/aromatic N) is 2. The van der Waals surface area contributed by atoms with E-state index in [-0.39, 0.29) is 5.56 Å². The van der Waals surface area contributed by atoms with E-state index in [4.69, 9.17) is 28.2 Å². The lowest BCUT2D eigenvalue weighted by molar-refractivity contribution is 0.699. The van der Waals surface area contributed by atoms with E-state index in [2.05, 4.69) is 0 Å². The summed E-state index contributed by atoms with van der Waals surface area (Å²) in [6, 6.07) is 15.2. The Kier molecular flexibility index (Phi) is 5.63. The van der Waals surface area contributed by atoms with Gasteiger partial charge < -0.3 is 0 Å². The molecule has 0 saturated carbocycles. The van der Waals surface area contributed by atoms with Crippen molar-refractivity contribution in [3.63, 3.8) is 0 Å². The van der Waals surface area contributed by atoms with Crippen LogP contribution < -0.4 is 5.56 Å². The molecule has 0 spiro atoms. The van der Waals surface area contributed by atoms with E-state index in [9.17, 15) is 4.79 Å². The molecule has 2 aromatic heterocycles.